The third-order valence-electron chi connectivity index (χ3n) is 7.72. The van der Waals surface area contributed by atoms with Crippen LogP contribution in [0.15, 0.2) is 91.0 Å². The summed E-state index contributed by atoms with van der Waals surface area (Å²) in [5.74, 6) is -2.38. The normalized spacial score (nSPS) is 13.1. The Morgan fingerprint density at radius 3 is 1.80 bits per heavy atom. The van der Waals surface area contributed by atoms with Crippen molar-refractivity contribution >= 4 is 88.0 Å². The molecule has 5 N–H and O–H groups in total. The predicted molar refractivity (Wildman–Crippen MR) is 203 cm³/mol. The summed E-state index contributed by atoms with van der Waals surface area (Å²) >= 11 is 4.38. The molecule has 0 aliphatic rings. The smallest absolute Gasteiger partial charge is 0.468 e. The average Bonchev–Trinajstić information content (AvgIpc) is 3.14. The van der Waals surface area contributed by atoms with Crippen LogP contribution in [0.1, 0.15) is 12.8 Å². The molecule has 0 saturated carbocycles. The zero-order chi connectivity index (χ0) is 35.7. The first-order chi connectivity index (χ1) is 23.5. The molecule has 3 aromatic rings. The van der Waals surface area contributed by atoms with E-state index in [1.165, 1.54) is 35.8 Å². The van der Waals surface area contributed by atoms with Crippen LogP contribution in [0.25, 0.3) is 0 Å². The predicted octanol–water partition coefficient (Wildman–Crippen LogP) is 2.38. The number of ether oxygens (including phenoxy) is 2. The standard InChI is InChI=1S/C34H42BrN4O7PS2/c1-45-32(42)22-38-33(43)29(39-30(40)19-18-28(36)34(44)46-2)23-48-49-24-31(41)37-20-21-47(35,25-12-6-3-7-13-25,26-14-8-4-9-15-26)27-16-10-5-11-17-27/h3-17,28-29H,18-24,36H2,1-2H3,(H,37,41)(H,38,43)(H,39,40). The van der Waals surface area contributed by atoms with Gasteiger partial charge in [0.2, 0.25) is 0 Å². The van der Waals surface area contributed by atoms with Crippen molar-refractivity contribution in [2.75, 3.05) is 45.0 Å². The number of nitrogens with two attached hydrogens (primary N) is 1. The van der Waals surface area contributed by atoms with Crippen LogP contribution in [0.5, 0.6) is 0 Å². The summed E-state index contributed by atoms with van der Waals surface area (Å²) in [5.41, 5.74) is 5.71. The molecule has 0 aromatic heterocycles. The summed E-state index contributed by atoms with van der Waals surface area (Å²) in [4.78, 5) is 61.5. The van der Waals surface area contributed by atoms with Crippen LogP contribution in [-0.2, 0) is 33.4 Å². The van der Waals surface area contributed by atoms with E-state index < -0.39 is 41.1 Å². The Labute approximate surface area is 302 Å². The molecule has 3 rings (SSSR count). The fraction of sp³-hybridized carbons (Fsp3) is 0.324. The second kappa shape index (κ2) is 19.7. The number of esters is 2. The number of hydrogen-bond donors (Lipinski definition) is 4. The molecular weight excluding hydrogens is 751 g/mol. The Kier molecular flexibility index (Phi) is 16.1. The number of benzene rings is 3. The Balaban J connectivity index is 1.63. The Morgan fingerprint density at radius 2 is 1.31 bits per heavy atom. The first-order valence-corrected chi connectivity index (χ1v) is 22.3. The maximum absolute atomic E-state index is 13.0. The third-order valence-corrected chi connectivity index (χ3v) is 19.9. The molecule has 11 nitrogen and oxygen atoms in total. The molecule has 49 heavy (non-hydrogen) atoms. The molecule has 0 bridgehead atoms. The van der Waals surface area contributed by atoms with E-state index >= 15 is 0 Å². The van der Waals surface area contributed by atoms with Gasteiger partial charge < -0.3 is 15.2 Å². The van der Waals surface area contributed by atoms with Gasteiger partial charge in [0.05, 0.1) is 14.2 Å². The molecule has 264 valence electrons. The van der Waals surface area contributed by atoms with E-state index in [-0.39, 0.29) is 36.8 Å². The Bertz CT molecular complexity index is 1460. The molecule has 0 aliphatic carbocycles. The molecule has 2 atom stereocenters. The fourth-order valence-electron chi connectivity index (χ4n) is 5.08. The first-order valence-electron chi connectivity index (χ1n) is 15.4. The zero-order valence-corrected chi connectivity index (χ0v) is 31.5. The molecule has 0 fully saturated rings. The molecule has 2 unspecified atom stereocenters. The molecular formula is C34H42BrN4O7PS2. The molecule has 0 aliphatic heterocycles. The molecule has 0 spiro atoms. The van der Waals surface area contributed by atoms with Crippen molar-refractivity contribution in [3.05, 3.63) is 91.0 Å². The van der Waals surface area contributed by atoms with Crippen LogP contribution < -0.4 is 37.6 Å². The van der Waals surface area contributed by atoms with Crippen LogP contribution >= 0.6 is 42.4 Å². The third kappa shape index (κ3) is 11.0. The molecule has 15 heteroatoms. The van der Waals surface area contributed by atoms with E-state index in [1.54, 1.807) is 0 Å². The van der Waals surface area contributed by atoms with E-state index in [9.17, 15) is 24.0 Å². The number of amides is 3. The van der Waals surface area contributed by atoms with Gasteiger partial charge in [0, 0.05) is 0 Å². The number of halogens is 1. The van der Waals surface area contributed by atoms with Crippen molar-refractivity contribution in [1.82, 2.24) is 16.0 Å². The number of carbonyl (C=O) groups excluding carboxylic acids is 5. The van der Waals surface area contributed by atoms with Gasteiger partial charge in [-0.1, -0.05) is 0 Å². The number of nitrogens with one attached hydrogen (secondary N) is 3. The van der Waals surface area contributed by atoms with E-state index in [4.69, 9.17) is 5.73 Å². The summed E-state index contributed by atoms with van der Waals surface area (Å²) in [6.07, 6.45) is 0.529. The van der Waals surface area contributed by atoms with Crippen molar-refractivity contribution in [3.8, 4) is 0 Å². The summed E-state index contributed by atoms with van der Waals surface area (Å²) in [5, 5.41) is 8.38. The second-order valence-electron chi connectivity index (χ2n) is 10.9. The summed E-state index contributed by atoms with van der Waals surface area (Å²) in [7, 11) is 4.86. The van der Waals surface area contributed by atoms with E-state index in [1.807, 2.05) is 54.6 Å². The van der Waals surface area contributed by atoms with Crippen LogP contribution in [-0.4, -0.2) is 86.7 Å². The van der Waals surface area contributed by atoms with Crippen LogP contribution in [0, 0.1) is 0 Å². The molecule has 3 amide bonds. The Hall–Kier alpha value is -3.42. The van der Waals surface area contributed by atoms with Gasteiger partial charge in [-0.05, 0) is 6.42 Å². The van der Waals surface area contributed by atoms with Gasteiger partial charge in [-0.15, -0.1) is 0 Å². The number of hydrogen-bond acceptors (Lipinski definition) is 10. The number of carbonyl (C=O) groups is 5. The van der Waals surface area contributed by atoms with Crippen LogP contribution in [0.3, 0.4) is 0 Å². The summed E-state index contributed by atoms with van der Waals surface area (Å²) in [6.45, 7) is 0.0247. The maximum atomic E-state index is 13.0. The van der Waals surface area contributed by atoms with Crippen molar-refractivity contribution in [1.29, 1.82) is 0 Å². The summed E-state index contributed by atoms with van der Waals surface area (Å²) in [6, 6.07) is 28.9. The minimum Gasteiger partial charge on any atom is -0.468 e. The minimum absolute atomic E-state index is 0.0225. The van der Waals surface area contributed by atoms with Crippen LogP contribution in [0.4, 0.5) is 0 Å². The quantitative estimate of drug-likeness (QED) is 0.0613. The summed E-state index contributed by atoms with van der Waals surface area (Å²) < 4.78 is 9.14. The van der Waals surface area contributed by atoms with Crippen molar-refractivity contribution in [2.45, 2.75) is 24.9 Å². The van der Waals surface area contributed by atoms with E-state index in [0.717, 1.165) is 15.9 Å². The van der Waals surface area contributed by atoms with Gasteiger partial charge in [0.15, 0.2) is 0 Å². The fourth-order valence-corrected chi connectivity index (χ4v) is 14.3. The monoisotopic (exact) mass is 792 g/mol. The van der Waals surface area contributed by atoms with Gasteiger partial charge in [-0.25, -0.2) is 0 Å². The zero-order valence-electron chi connectivity index (χ0n) is 27.3. The van der Waals surface area contributed by atoms with Crippen molar-refractivity contribution in [3.63, 3.8) is 0 Å². The van der Waals surface area contributed by atoms with Gasteiger partial charge in [0.1, 0.15) is 6.04 Å². The van der Waals surface area contributed by atoms with Gasteiger partial charge in [0.25, 0.3) is 0 Å². The molecule has 3 aromatic carbocycles. The Morgan fingerprint density at radius 1 is 0.776 bits per heavy atom. The number of rotatable bonds is 19. The van der Waals surface area contributed by atoms with Gasteiger partial charge in [-0.3, -0.25) is 9.59 Å². The van der Waals surface area contributed by atoms with Gasteiger partial charge in [-0.2, -0.15) is 0 Å². The molecule has 0 heterocycles. The van der Waals surface area contributed by atoms with Crippen molar-refractivity contribution < 1.29 is 33.4 Å². The minimum atomic E-state index is -3.20. The molecule has 0 saturated heterocycles. The van der Waals surface area contributed by atoms with Crippen molar-refractivity contribution in [2.24, 2.45) is 5.73 Å². The van der Waals surface area contributed by atoms with E-state index in [2.05, 4.69) is 77.3 Å². The number of methoxy groups -OCH3 is 2. The first kappa shape index (κ1) is 40.0. The topological polar surface area (TPSA) is 166 Å². The van der Waals surface area contributed by atoms with Gasteiger partial charge >= 0.3 is 253 Å². The molecule has 0 radical (unpaired) electrons. The van der Waals surface area contributed by atoms with Crippen LogP contribution in [0.2, 0.25) is 0 Å². The average molecular weight is 794 g/mol. The second-order valence-corrected chi connectivity index (χ2v) is 22.5. The van der Waals surface area contributed by atoms with E-state index in [0.29, 0.717) is 12.7 Å². The SMILES string of the molecule is COC(=O)CNC(=O)C(CSSCC(=O)NCCP(Br)(c1ccccc1)(c1ccccc1)c1ccccc1)NC(=O)CCC(N)C(=O)OC.